The maximum Gasteiger partial charge on any atom is 0.322 e. The number of hydrogen-bond acceptors (Lipinski definition) is 4. The van der Waals surface area contributed by atoms with Crippen molar-refractivity contribution in [2.24, 2.45) is 0 Å². The molecule has 0 atom stereocenters. The van der Waals surface area contributed by atoms with Crippen molar-refractivity contribution >= 4 is 31.9 Å². The van der Waals surface area contributed by atoms with Crippen LogP contribution in [0.2, 0.25) is 0 Å². The van der Waals surface area contributed by atoms with E-state index in [1.807, 2.05) is 13.0 Å². The van der Waals surface area contributed by atoms with E-state index in [9.17, 15) is 13.2 Å². The summed E-state index contributed by atoms with van der Waals surface area (Å²) in [6.07, 6.45) is 1.53. The Morgan fingerprint density at radius 2 is 2.00 bits per heavy atom. The van der Waals surface area contributed by atoms with Crippen molar-refractivity contribution in [2.75, 3.05) is 26.0 Å². The van der Waals surface area contributed by atoms with E-state index in [0.717, 1.165) is 17.3 Å². The second-order valence-corrected chi connectivity index (χ2v) is 8.34. The highest BCUT2D eigenvalue weighted by Crippen LogP contribution is 2.31. The molecular weight excluding hydrogens is 370 g/mol. The van der Waals surface area contributed by atoms with Crippen molar-refractivity contribution in [1.82, 2.24) is 4.31 Å². The molecule has 0 saturated carbocycles. The molecule has 1 aliphatic heterocycles. The smallest absolute Gasteiger partial charge is 0.322 e. The molecule has 0 aromatic heterocycles. The molecule has 0 amide bonds. The lowest BCUT2D eigenvalue weighted by Crippen LogP contribution is -2.40. The number of carbonyl (C=O) groups is 1. The summed E-state index contributed by atoms with van der Waals surface area (Å²) in [6.45, 7) is 2.93. The van der Waals surface area contributed by atoms with Crippen LogP contribution in [0.4, 0.5) is 0 Å². The van der Waals surface area contributed by atoms with Crippen LogP contribution in [0, 0.1) is 6.92 Å². The Kier molecular flexibility index (Phi) is 5.63. The van der Waals surface area contributed by atoms with Gasteiger partial charge in [0.1, 0.15) is 0 Å². The molecule has 122 valence electrons. The van der Waals surface area contributed by atoms with Gasteiger partial charge in [-0.3, -0.25) is 4.79 Å². The number of halogens is 1. The Bertz CT molecular complexity index is 652. The Morgan fingerprint density at radius 3 is 2.55 bits per heavy atom. The van der Waals surface area contributed by atoms with Gasteiger partial charge in [0.05, 0.1) is 7.11 Å². The van der Waals surface area contributed by atoms with Crippen molar-refractivity contribution < 1.29 is 17.9 Å². The predicted octanol–water partition coefficient (Wildman–Crippen LogP) is 2.44. The van der Waals surface area contributed by atoms with Gasteiger partial charge in [-0.1, -0.05) is 28.1 Å². The molecule has 2 rings (SSSR count). The minimum absolute atomic E-state index is 0.358. The first-order valence-electron chi connectivity index (χ1n) is 7.14. The van der Waals surface area contributed by atoms with Gasteiger partial charge in [-0.05, 0) is 42.9 Å². The molecule has 0 spiro atoms. The van der Waals surface area contributed by atoms with Crippen LogP contribution in [-0.4, -0.2) is 44.6 Å². The number of piperidine rings is 1. The number of methoxy groups -OCH3 is 1. The molecule has 0 bridgehead atoms. The van der Waals surface area contributed by atoms with Crippen molar-refractivity contribution in [3.8, 4) is 0 Å². The third-order valence-corrected chi connectivity index (χ3v) is 6.67. The van der Waals surface area contributed by atoms with Gasteiger partial charge in [-0.25, -0.2) is 12.7 Å². The number of hydrogen-bond donors (Lipinski definition) is 0. The molecule has 7 heteroatoms. The predicted molar refractivity (Wildman–Crippen MR) is 88.2 cm³/mol. The maximum absolute atomic E-state index is 12.1. The standard InChI is InChI=1S/C15H20BrNO4S/c1-11-9-13(3-4-14(11)16)12-5-7-17(8-6-12)22(19,20)10-15(18)21-2/h3-4,9,12H,5-8,10H2,1-2H3. The average molecular weight is 390 g/mol. The number of benzene rings is 1. The maximum atomic E-state index is 12.1. The van der Waals surface area contributed by atoms with Crippen molar-refractivity contribution in [2.45, 2.75) is 25.7 Å². The van der Waals surface area contributed by atoms with Crippen LogP contribution >= 0.6 is 15.9 Å². The van der Waals surface area contributed by atoms with Crippen LogP contribution < -0.4 is 0 Å². The van der Waals surface area contributed by atoms with Crippen molar-refractivity contribution in [3.63, 3.8) is 0 Å². The van der Waals surface area contributed by atoms with Crippen LogP contribution in [0.25, 0.3) is 0 Å². The van der Waals surface area contributed by atoms with Gasteiger partial charge in [0.2, 0.25) is 10.0 Å². The molecular formula is C15H20BrNO4S. The number of aryl methyl sites for hydroxylation is 1. The number of rotatable bonds is 4. The first-order chi connectivity index (χ1) is 10.3. The zero-order valence-corrected chi connectivity index (χ0v) is 15.1. The summed E-state index contributed by atoms with van der Waals surface area (Å²) in [6, 6.07) is 6.26. The van der Waals surface area contributed by atoms with Gasteiger partial charge in [0.15, 0.2) is 5.75 Å². The molecule has 0 N–H and O–H groups in total. The topological polar surface area (TPSA) is 63.7 Å². The number of esters is 1. The van der Waals surface area contributed by atoms with Gasteiger partial charge in [0.25, 0.3) is 0 Å². The monoisotopic (exact) mass is 389 g/mol. The first kappa shape index (κ1) is 17.4. The molecule has 1 aromatic rings. The van der Waals surface area contributed by atoms with Gasteiger partial charge in [-0.15, -0.1) is 0 Å². The SMILES string of the molecule is COC(=O)CS(=O)(=O)N1CCC(c2ccc(Br)c(C)c2)CC1. The quantitative estimate of drug-likeness (QED) is 0.741. The highest BCUT2D eigenvalue weighted by Gasteiger charge is 2.30. The van der Waals surface area contributed by atoms with Crippen molar-refractivity contribution in [1.29, 1.82) is 0 Å². The van der Waals surface area contributed by atoms with E-state index < -0.39 is 21.7 Å². The Labute approximate surface area is 139 Å². The van der Waals surface area contributed by atoms with Crippen LogP contribution in [0.5, 0.6) is 0 Å². The normalized spacial score (nSPS) is 17.4. The largest absolute Gasteiger partial charge is 0.468 e. The zero-order chi connectivity index (χ0) is 16.3. The molecule has 1 aliphatic rings. The molecule has 22 heavy (non-hydrogen) atoms. The Balaban J connectivity index is 2.00. The third kappa shape index (κ3) is 4.08. The number of sulfonamides is 1. The lowest BCUT2D eigenvalue weighted by atomic mass is 9.89. The summed E-state index contributed by atoms with van der Waals surface area (Å²) >= 11 is 3.49. The molecule has 1 fully saturated rings. The number of ether oxygens (including phenoxy) is 1. The highest BCUT2D eigenvalue weighted by molar-refractivity contribution is 9.10. The van der Waals surface area contributed by atoms with Crippen LogP contribution in [-0.2, 0) is 19.6 Å². The van der Waals surface area contributed by atoms with E-state index in [0.29, 0.717) is 19.0 Å². The summed E-state index contributed by atoms with van der Waals surface area (Å²) in [4.78, 5) is 11.2. The summed E-state index contributed by atoms with van der Waals surface area (Å²) < 4.78 is 31.1. The fraction of sp³-hybridized carbons (Fsp3) is 0.533. The fourth-order valence-electron chi connectivity index (χ4n) is 2.69. The number of nitrogens with zero attached hydrogens (tertiary/aromatic N) is 1. The van der Waals surface area contributed by atoms with Crippen LogP contribution in [0.15, 0.2) is 22.7 Å². The molecule has 1 heterocycles. The second-order valence-electron chi connectivity index (χ2n) is 5.51. The Hall–Kier alpha value is -0.920. The minimum Gasteiger partial charge on any atom is -0.468 e. The molecule has 1 saturated heterocycles. The zero-order valence-electron chi connectivity index (χ0n) is 12.7. The van der Waals surface area contributed by atoms with E-state index >= 15 is 0 Å². The molecule has 0 radical (unpaired) electrons. The fourth-order valence-corrected chi connectivity index (χ4v) is 4.30. The summed E-state index contributed by atoms with van der Waals surface area (Å²) in [7, 11) is -2.37. The Morgan fingerprint density at radius 1 is 1.36 bits per heavy atom. The van der Waals surface area contributed by atoms with Crippen LogP contribution in [0.3, 0.4) is 0 Å². The summed E-state index contributed by atoms with van der Waals surface area (Å²) in [5.41, 5.74) is 2.42. The first-order valence-corrected chi connectivity index (χ1v) is 9.54. The highest BCUT2D eigenvalue weighted by atomic mass is 79.9. The molecule has 0 unspecified atom stereocenters. The van der Waals surface area contributed by atoms with Crippen LogP contribution in [0.1, 0.15) is 29.9 Å². The summed E-state index contributed by atoms with van der Waals surface area (Å²) in [5.74, 6) is -0.937. The van der Waals surface area contributed by atoms with Crippen molar-refractivity contribution in [3.05, 3.63) is 33.8 Å². The average Bonchev–Trinajstić information content (AvgIpc) is 2.49. The second kappa shape index (κ2) is 7.10. The van der Waals surface area contributed by atoms with Gasteiger partial charge in [0, 0.05) is 17.6 Å². The summed E-state index contributed by atoms with van der Waals surface area (Å²) in [5, 5.41) is 0. The molecule has 1 aromatic carbocycles. The number of carbonyl (C=O) groups excluding carboxylic acids is 1. The lowest BCUT2D eigenvalue weighted by Gasteiger charge is -2.31. The van der Waals surface area contributed by atoms with E-state index in [2.05, 4.69) is 32.8 Å². The third-order valence-electron chi connectivity index (χ3n) is 4.03. The lowest BCUT2D eigenvalue weighted by molar-refractivity contribution is -0.137. The van der Waals surface area contributed by atoms with E-state index in [1.54, 1.807) is 0 Å². The molecule has 5 nitrogen and oxygen atoms in total. The van der Waals surface area contributed by atoms with E-state index in [1.165, 1.54) is 22.5 Å². The molecule has 0 aliphatic carbocycles. The van der Waals surface area contributed by atoms with E-state index in [4.69, 9.17) is 0 Å². The minimum atomic E-state index is -3.56. The van der Waals surface area contributed by atoms with Gasteiger partial charge < -0.3 is 4.74 Å². The van der Waals surface area contributed by atoms with E-state index in [-0.39, 0.29) is 0 Å². The van der Waals surface area contributed by atoms with Gasteiger partial charge >= 0.3 is 5.97 Å². The van der Waals surface area contributed by atoms with Gasteiger partial charge in [-0.2, -0.15) is 0 Å².